The van der Waals surface area contributed by atoms with E-state index in [0.717, 1.165) is 0 Å². The van der Waals surface area contributed by atoms with E-state index in [9.17, 15) is 29.8 Å². The fourth-order valence-corrected chi connectivity index (χ4v) is 4.36. The number of nitro groups is 2. The number of carbonyl (C=O) groups excluding carboxylic acids is 1. The fourth-order valence-electron chi connectivity index (χ4n) is 4.36. The number of nitrogens with two attached hydrogens (primary N) is 2. The van der Waals surface area contributed by atoms with Crippen molar-refractivity contribution in [1.82, 2.24) is 29.5 Å². The van der Waals surface area contributed by atoms with E-state index in [1.54, 1.807) is 22.9 Å². The number of nitrogens with zero attached hydrogens (tertiary/aromatic N) is 7. The zero-order chi connectivity index (χ0) is 31.6. The number of fused-ring (bicyclic) bond motifs is 1. The minimum Gasteiger partial charge on any atom is -0.383 e. The average Bonchev–Trinajstić information content (AvgIpc) is 3.53. The van der Waals surface area contributed by atoms with Gasteiger partial charge in [0.05, 0.1) is 16.2 Å². The van der Waals surface area contributed by atoms with Gasteiger partial charge in [0.2, 0.25) is 0 Å². The van der Waals surface area contributed by atoms with Gasteiger partial charge in [-0.1, -0.05) is 24.3 Å². The lowest BCUT2D eigenvalue weighted by Gasteiger charge is -2.06. The number of nitrogen functional groups attached to an aromatic ring is 1. The Kier molecular flexibility index (Phi) is 8.31. The van der Waals surface area contributed by atoms with E-state index in [2.05, 4.69) is 20.2 Å². The Labute approximate surface area is 243 Å². The molecule has 0 aliphatic carbocycles. The second-order valence-electron chi connectivity index (χ2n) is 9.94. The topological polar surface area (TPSA) is 237 Å². The number of nitrogens with one attached hydrogen (secondary N) is 1. The molecule has 5 rings (SSSR count). The summed E-state index contributed by atoms with van der Waals surface area (Å²) in [6.45, 7) is 7.55. The molecule has 0 radical (unpaired) electrons. The van der Waals surface area contributed by atoms with E-state index in [0.29, 0.717) is 27.9 Å². The molecule has 43 heavy (non-hydrogen) atoms. The normalized spacial score (nSPS) is 11.0. The van der Waals surface area contributed by atoms with Crippen LogP contribution in [0.4, 0.5) is 17.2 Å². The molecule has 16 nitrogen and oxygen atoms in total. The van der Waals surface area contributed by atoms with Gasteiger partial charge in [0, 0.05) is 47.5 Å². The first-order chi connectivity index (χ1) is 20.3. The summed E-state index contributed by atoms with van der Waals surface area (Å²) in [5.41, 5.74) is 12.9. The highest BCUT2D eigenvalue weighted by molar-refractivity contribution is 6.03. The minimum atomic E-state index is -0.721. The number of nitro benzene ring substituents is 2. The number of hydrogen-bond donors (Lipinski definition) is 3. The predicted molar refractivity (Wildman–Crippen MR) is 158 cm³/mol. The highest BCUT2D eigenvalue weighted by Crippen LogP contribution is 2.31. The fraction of sp³-hybridized carbons (Fsp3) is 0.222. The first kappa shape index (κ1) is 30.0. The Hall–Kier alpha value is -5.93. The van der Waals surface area contributed by atoms with Crippen molar-refractivity contribution >= 4 is 34.1 Å². The summed E-state index contributed by atoms with van der Waals surface area (Å²) in [6.07, 6.45) is 1.32. The monoisotopic (exact) mass is 588 g/mol. The highest BCUT2D eigenvalue weighted by Gasteiger charge is 2.24. The molecule has 0 spiro atoms. The number of amides is 1. The molecule has 2 aromatic carbocycles. The Morgan fingerprint density at radius 1 is 0.884 bits per heavy atom. The van der Waals surface area contributed by atoms with E-state index in [4.69, 9.17) is 11.5 Å². The third-order valence-electron chi connectivity index (χ3n) is 6.33. The molecule has 0 atom stereocenters. The van der Waals surface area contributed by atoms with Crippen molar-refractivity contribution < 1.29 is 14.6 Å². The number of non-ortho nitro benzene ring substituents is 2. The molecule has 5 N–H and O–H groups in total. The van der Waals surface area contributed by atoms with Crippen LogP contribution in [0.2, 0.25) is 0 Å². The van der Waals surface area contributed by atoms with Crippen LogP contribution in [0, 0.1) is 20.2 Å². The summed E-state index contributed by atoms with van der Waals surface area (Å²) in [4.78, 5) is 51.2. The molecule has 222 valence electrons. The molecule has 3 heterocycles. The minimum absolute atomic E-state index is 0.00393. The van der Waals surface area contributed by atoms with Crippen LogP contribution in [0.5, 0.6) is 0 Å². The van der Waals surface area contributed by atoms with Gasteiger partial charge in [0.1, 0.15) is 28.2 Å². The lowest BCUT2D eigenvalue weighted by atomic mass is 10.1. The summed E-state index contributed by atoms with van der Waals surface area (Å²) >= 11 is 0. The second kappa shape index (κ2) is 11.9. The average molecular weight is 589 g/mol. The Bertz CT molecular complexity index is 1920. The molecule has 3 aromatic heterocycles. The number of anilines is 1. The maximum Gasteiger partial charge on any atom is 0.270 e. The Morgan fingerprint density at radius 3 is 1.88 bits per heavy atom. The molecule has 5 aromatic rings. The van der Waals surface area contributed by atoms with Crippen LogP contribution < -0.4 is 17.0 Å². The molecule has 0 saturated carbocycles. The number of hydrogen-bond acceptors (Lipinski definition) is 10. The third-order valence-corrected chi connectivity index (χ3v) is 6.33. The second-order valence-corrected chi connectivity index (χ2v) is 9.94. The van der Waals surface area contributed by atoms with Gasteiger partial charge in [-0.3, -0.25) is 29.8 Å². The number of H-pyrrole nitrogens is 1. The molecule has 16 heteroatoms. The van der Waals surface area contributed by atoms with Gasteiger partial charge in [0.15, 0.2) is 5.65 Å². The molecule has 0 aliphatic rings. The molecular weight excluding hydrogens is 560 g/mol. The van der Waals surface area contributed by atoms with E-state index < -0.39 is 15.8 Å². The lowest BCUT2D eigenvalue weighted by Crippen LogP contribution is -2.15. The van der Waals surface area contributed by atoms with E-state index in [1.165, 1.54) is 41.3 Å². The highest BCUT2D eigenvalue weighted by atomic mass is 16.6. The molecule has 0 aliphatic heterocycles. The molecule has 0 fully saturated rings. The van der Waals surface area contributed by atoms with E-state index in [1.807, 2.05) is 27.7 Å². The van der Waals surface area contributed by atoms with Crippen LogP contribution >= 0.6 is 0 Å². The van der Waals surface area contributed by atoms with Gasteiger partial charge in [0.25, 0.3) is 22.8 Å². The number of primary amides is 1. The van der Waals surface area contributed by atoms with Crippen LogP contribution in [-0.2, 0) is 0 Å². The summed E-state index contributed by atoms with van der Waals surface area (Å²) in [7, 11) is 0. The van der Waals surface area contributed by atoms with Crippen molar-refractivity contribution in [3.8, 4) is 22.5 Å². The quantitative estimate of drug-likeness (QED) is 0.182. The van der Waals surface area contributed by atoms with Crippen molar-refractivity contribution in [2.45, 2.75) is 39.8 Å². The number of aromatic amines is 1. The first-order valence-electron chi connectivity index (χ1n) is 12.9. The zero-order valence-electron chi connectivity index (χ0n) is 23.6. The molecule has 0 unspecified atom stereocenters. The van der Waals surface area contributed by atoms with Gasteiger partial charge in [-0.25, -0.2) is 14.3 Å². The van der Waals surface area contributed by atoms with Crippen LogP contribution in [0.15, 0.2) is 59.7 Å². The molecular formula is C27H28N10O6. The van der Waals surface area contributed by atoms with Crippen LogP contribution in [-0.4, -0.2) is 45.3 Å². The van der Waals surface area contributed by atoms with Gasteiger partial charge in [-0.2, -0.15) is 10.2 Å². The Balaban J connectivity index is 0.000000197. The third kappa shape index (κ3) is 5.92. The Morgan fingerprint density at radius 2 is 1.40 bits per heavy atom. The van der Waals surface area contributed by atoms with E-state index in [-0.39, 0.29) is 46.1 Å². The van der Waals surface area contributed by atoms with Crippen molar-refractivity contribution in [3.05, 3.63) is 91.0 Å². The van der Waals surface area contributed by atoms with Crippen molar-refractivity contribution in [2.75, 3.05) is 5.73 Å². The van der Waals surface area contributed by atoms with Crippen LogP contribution in [0.1, 0.15) is 50.1 Å². The van der Waals surface area contributed by atoms with Crippen LogP contribution in [0.25, 0.3) is 33.5 Å². The standard InChI is InChI=1S/C14H13N5O3.C13H15N5O3/c1-8(2)18-13-11(14(20)16-7-15-13)12(17-18)9-4-3-5-10(6-9)19(21)22;1-7(2)17-12(14)10(13(15)19)11(16-17)8-4-3-5-9(6-8)18(20)21/h3-8H,1-2H3,(H,15,16,20);3-7H,14H2,1-2H3,(H2,15,19). The van der Waals surface area contributed by atoms with Gasteiger partial charge in [-0.05, 0) is 27.7 Å². The van der Waals surface area contributed by atoms with Gasteiger partial charge >= 0.3 is 0 Å². The summed E-state index contributed by atoms with van der Waals surface area (Å²) < 4.78 is 3.10. The number of benzene rings is 2. The van der Waals surface area contributed by atoms with E-state index >= 15 is 0 Å². The largest absolute Gasteiger partial charge is 0.383 e. The molecule has 0 bridgehead atoms. The van der Waals surface area contributed by atoms with Gasteiger partial charge in [-0.15, -0.1) is 0 Å². The van der Waals surface area contributed by atoms with Crippen molar-refractivity contribution in [1.29, 1.82) is 0 Å². The zero-order valence-corrected chi connectivity index (χ0v) is 23.6. The maximum atomic E-state index is 12.1. The number of rotatable bonds is 7. The van der Waals surface area contributed by atoms with Crippen LogP contribution in [0.3, 0.4) is 0 Å². The maximum absolute atomic E-state index is 12.1. The van der Waals surface area contributed by atoms with Crippen molar-refractivity contribution in [3.63, 3.8) is 0 Å². The molecule has 1 amide bonds. The summed E-state index contributed by atoms with van der Waals surface area (Å²) in [6, 6.07) is 11.8. The van der Waals surface area contributed by atoms with Gasteiger partial charge < -0.3 is 16.5 Å². The van der Waals surface area contributed by atoms with Crippen molar-refractivity contribution in [2.24, 2.45) is 5.73 Å². The summed E-state index contributed by atoms with van der Waals surface area (Å²) in [5, 5.41) is 30.8. The number of aromatic nitrogens is 6. The SMILES string of the molecule is CC(C)n1nc(-c2cccc([N+](=O)[O-])c2)c(C(N)=O)c1N.CC(C)n1nc(-c2cccc([N+](=O)[O-])c2)c2c(=O)[nH]cnc21. The number of carbonyl (C=O) groups is 1. The molecule has 0 saturated heterocycles. The summed E-state index contributed by atoms with van der Waals surface area (Å²) in [5.74, 6) is -0.570. The lowest BCUT2D eigenvalue weighted by molar-refractivity contribution is -0.385. The first-order valence-corrected chi connectivity index (χ1v) is 12.9. The smallest absolute Gasteiger partial charge is 0.270 e. The predicted octanol–water partition coefficient (Wildman–Crippen LogP) is 4.00.